The number of halogens is 1. The van der Waals surface area contributed by atoms with E-state index in [9.17, 15) is 0 Å². The molecule has 1 heterocycles. The van der Waals surface area contributed by atoms with Crippen molar-refractivity contribution in [2.24, 2.45) is 5.92 Å². The molecule has 1 aliphatic heterocycles. The molecule has 0 radical (unpaired) electrons. The van der Waals surface area contributed by atoms with Gasteiger partial charge in [0, 0.05) is 11.9 Å². The Morgan fingerprint density at radius 3 is 2.75 bits per heavy atom. The summed E-state index contributed by atoms with van der Waals surface area (Å²) in [5.74, 6) is 0.787. The molecule has 1 aliphatic carbocycles. The number of hydrogen-bond donors (Lipinski definition) is 1. The van der Waals surface area contributed by atoms with Crippen LogP contribution in [0.25, 0.3) is 0 Å². The molecule has 16 heavy (non-hydrogen) atoms. The fourth-order valence-electron chi connectivity index (χ4n) is 2.89. The Balaban J connectivity index is 1.57. The topological polar surface area (TPSA) is 21.3 Å². The average Bonchev–Trinajstić information content (AvgIpc) is 2.64. The second kappa shape index (κ2) is 6.23. The molecule has 0 bridgehead atoms. The van der Waals surface area contributed by atoms with Gasteiger partial charge in [0.15, 0.2) is 0 Å². The van der Waals surface area contributed by atoms with Crippen LogP contribution in [0.3, 0.4) is 0 Å². The summed E-state index contributed by atoms with van der Waals surface area (Å²) < 4.78 is 5.78. The Morgan fingerprint density at radius 2 is 2.06 bits per heavy atom. The van der Waals surface area contributed by atoms with Crippen LogP contribution in [0.4, 0.5) is 0 Å². The average molecular weight is 246 g/mol. The molecule has 0 amide bonds. The molecular weight excluding hydrogens is 222 g/mol. The van der Waals surface area contributed by atoms with Crippen LogP contribution in [0.5, 0.6) is 0 Å². The first-order chi connectivity index (χ1) is 7.74. The Hall–Kier alpha value is 0.210. The van der Waals surface area contributed by atoms with Crippen molar-refractivity contribution < 1.29 is 4.74 Å². The number of ether oxygens (including phenoxy) is 1. The van der Waals surface area contributed by atoms with Crippen LogP contribution < -0.4 is 5.32 Å². The molecule has 2 fully saturated rings. The Bertz CT molecular complexity index is 212. The molecule has 4 unspecified atom stereocenters. The summed E-state index contributed by atoms with van der Waals surface area (Å²) in [7, 11) is 0. The molecule has 1 N–H and O–H groups in total. The molecule has 0 aromatic rings. The molecule has 4 atom stereocenters. The minimum atomic E-state index is 0.420. The van der Waals surface area contributed by atoms with E-state index in [4.69, 9.17) is 16.3 Å². The normalized spacial score (nSPS) is 40.1. The molecular formula is C13H24ClNO. The van der Waals surface area contributed by atoms with Crippen LogP contribution in [-0.4, -0.2) is 30.7 Å². The summed E-state index contributed by atoms with van der Waals surface area (Å²) in [6, 6.07) is 0. The van der Waals surface area contributed by atoms with Crippen molar-refractivity contribution in [1.82, 2.24) is 5.32 Å². The second-order valence-corrected chi connectivity index (χ2v) is 6.05. The highest BCUT2D eigenvalue weighted by atomic mass is 35.5. The molecule has 2 nitrogen and oxygen atoms in total. The summed E-state index contributed by atoms with van der Waals surface area (Å²) in [6.45, 7) is 4.31. The summed E-state index contributed by atoms with van der Waals surface area (Å²) in [6.07, 6.45) is 8.41. The van der Waals surface area contributed by atoms with E-state index in [-0.39, 0.29) is 0 Å². The van der Waals surface area contributed by atoms with Crippen LogP contribution in [-0.2, 0) is 4.74 Å². The van der Waals surface area contributed by atoms with E-state index in [1.165, 1.54) is 38.5 Å². The second-order valence-electron chi connectivity index (χ2n) is 5.43. The number of hydrogen-bond acceptors (Lipinski definition) is 2. The summed E-state index contributed by atoms with van der Waals surface area (Å²) in [5, 5.41) is 3.97. The minimum Gasteiger partial charge on any atom is -0.374 e. The molecule has 94 valence electrons. The standard InChI is InChI=1S/C13H24ClNO/c1-10-5-6-13(16-10)9-15-8-11-3-2-4-12(14)7-11/h10-13,15H,2-9H2,1H3. The van der Waals surface area contributed by atoms with Crippen molar-refractivity contribution >= 4 is 11.6 Å². The van der Waals surface area contributed by atoms with E-state index in [0.29, 0.717) is 17.6 Å². The monoisotopic (exact) mass is 245 g/mol. The fourth-order valence-corrected chi connectivity index (χ4v) is 3.30. The molecule has 1 saturated carbocycles. The highest BCUT2D eigenvalue weighted by molar-refractivity contribution is 6.20. The highest BCUT2D eigenvalue weighted by Crippen LogP contribution is 2.27. The van der Waals surface area contributed by atoms with Crippen molar-refractivity contribution in [2.45, 2.75) is 63.0 Å². The maximum absolute atomic E-state index is 6.18. The first-order valence-corrected chi connectivity index (χ1v) is 7.18. The van der Waals surface area contributed by atoms with Crippen LogP contribution in [0, 0.1) is 5.92 Å². The number of rotatable bonds is 4. The zero-order valence-electron chi connectivity index (χ0n) is 10.3. The van der Waals surface area contributed by atoms with E-state index in [1.54, 1.807) is 0 Å². The molecule has 0 aromatic carbocycles. The first kappa shape index (κ1) is 12.7. The zero-order chi connectivity index (χ0) is 11.4. The van der Waals surface area contributed by atoms with E-state index in [1.807, 2.05) is 0 Å². The lowest BCUT2D eigenvalue weighted by molar-refractivity contribution is 0.0553. The lowest BCUT2D eigenvalue weighted by Crippen LogP contribution is -2.33. The fraction of sp³-hybridized carbons (Fsp3) is 1.00. The number of nitrogens with one attached hydrogen (secondary N) is 1. The van der Waals surface area contributed by atoms with Gasteiger partial charge in [0.2, 0.25) is 0 Å². The lowest BCUT2D eigenvalue weighted by atomic mass is 9.89. The number of alkyl halides is 1. The van der Waals surface area contributed by atoms with Crippen LogP contribution in [0.15, 0.2) is 0 Å². The predicted molar refractivity (Wildman–Crippen MR) is 68.0 cm³/mol. The van der Waals surface area contributed by atoms with Crippen LogP contribution in [0.1, 0.15) is 45.4 Å². The van der Waals surface area contributed by atoms with Crippen LogP contribution >= 0.6 is 11.6 Å². The van der Waals surface area contributed by atoms with Gasteiger partial charge < -0.3 is 10.1 Å². The molecule has 1 saturated heterocycles. The molecule has 2 rings (SSSR count). The van der Waals surface area contributed by atoms with Crippen molar-refractivity contribution in [3.63, 3.8) is 0 Å². The van der Waals surface area contributed by atoms with Crippen molar-refractivity contribution in [1.29, 1.82) is 0 Å². The maximum Gasteiger partial charge on any atom is 0.0704 e. The minimum absolute atomic E-state index is 0.420. The first-order valence-electron chi connectivity index (χ1n) is 6.74. The molecule has 0 spiro atoms. The summed E-state index contributed by atoms with van der Waals surface area (Å²) >= 11 is 6.18. The largest absolute Gasteiger partial charge is 0.374 e. The van der Waals surface area contributed by atoms with E-state index < -0.39 is 0 Å². The third-order valence-corrected chi connectivity index (χ3v) is 4.24. The van der Waals surface area contributed by atoms with Gasteiger partial charge in [-0.2, -0.15) is 0 Å². The van der Waals surface area contributed by atoms with Gasteiger partial charge >= 0.3 is 0 Å². The van der Waals surface area contributed by atoms with E-state index >= 15 is 0 Å². The maximum atomic E-state index is 6.18. The quantitative estimate of drug-likeness (QED) is 0.769. The van der Waals surface area contributed by atoms with Gasteiger partial charge in [-0.1, -0.05) is 6.42 Å². The van der Waals surface area contributed by atoms with Gasteiger partial charge in [0.05, 0.1) is 12.2 Å². The third kappa shape index (κ3) is 3.90. The lowest BCUT2D eigenvalue weighted by Gasteiger charge is -2.26. The smallest absolute Gasteiger partial charge is 0.0704 e. The summed E-state index contributed by atoms with van der Waals surface area (Å²) in [5.41, 5.74) is 0. The van der Waals surface area contributed by atoms with Gasteiger partial charge in [-0.05, 0) is 51.5 Å². The van der Waals surface area contributed by atoms with Gasteiger partial charge in [-0.15, -0.1) is 11.6 Å². The van der Waals surface area contributed by atoms with Crippen LogP contribution in [0.2, 0.25) is 0 Å². The van der Waals surface area contributed by atoms with Gasteiger partial charge in [0.25, 0.3) is 0 Å². The highest BCUT2D eigenvalue weighted by Gasteiger charge is 2.23. The zero-order valence-corrected chi connectivity index (χ0v) is 11.0. The molecule has 2 aliphatic rings. The Labute approximate surface area is 104 Å². The summed E-state index contributed by atoms with van der Waals surface area (Å²) in [4.78, 5) is 0. The Morgan fingerprint density at radius 1 is 1.19 bits per heavy atom. The molecule has 0 aromatic heterocycles. The van der Waals surface area contributed by atoms with Gasteiger partial charge in [-0.3, -0.25) is 0 Å². The van der Waals surface area contributed by atoms with Gasteiger partial charge in [0.1, 0.15) is 0 Å². The third-order valence-electron chi connectivity index (χ3n) is 3.84. The van der Waals surface area contributed by atoms with Gasteiger partial charge in [-0.25, -0.2) is 0 Å². The SMILES string of the molecule is CC1CCC(CNCC2CCCC(Cl)C2)O1. The Kier molecular flexibility index (Phi) is 4.93. The van der Waals surface area contributed by atoms with E-state index in [0.717, 1.165) is 19.0 Å². The predicted octanol–water partition coefficient (Wildman–Crippen LogP) is 2.94. The van der Waals surface area contributed by atoms with Crippen molar-refractivity contribution in [3.8, 4) is 0 Å². The van der Waals surface area contributed by atoms with E-state index in [2.05, 4.69) is 12.2 Å². The molecule has 3 heteroatoms. The van der Waals surface area contributed by atoms with Crippen molar-refractivity contribution in [2.75, 3.05) is 13.1 Å². The van der Waals surface area contributed by atoms with Crippen molar-refractivity contribution in [3.05, 3.63) is 0 Å².